The molecule has 0 radical (unpaired) electrons. The molecule has 0 fully saturated rings. The number of nitrogens with one attached hydrogen (secondary N) is 1. The van der Waals surface area contributed by atoms with E-state index in [0.717, 1.165) is 21.9 Å². The molecule has 4 aromatic rings. The number of hydrogen-bond acceptors (Lipinski definition) is 5. The highest BCUT2D eigenvalue weighted by Crippen LogP contribution is 2.26. The highest BCUT2D eigenvalue weighted by atomic mass is 32.2. The van der Waals surface area contributed by atoms with Crippen LogP contribution in [0.4, 0.5) is 5.69 Å². The van der Waals surface area contributed by atoms with Gasteiger partial charge in [0.2, 0.25) is 11.8 Å². The molecular formula is C34H37N3O5S. The van der Waals surface area contributed by atoms with Gasteiger partial charge in [0.05, 0.1) is 17.7 Å². The molecule has 224 valence electrons. The van der Waals surface area contributed by atoms with Gasteiger partial charge in [-0.1, -0.05) is 85.8 Å². The summed E-state index contributed by atoms with van der Waals surface area (Å²) in [5, 5.41) is 2.95. The fourth-order valence-corrected chi connectivity index (χ4v) is 6.11. The van der Waals surface area contributed by atoms with Crippen LogP contribution in [0.5, 0.6) is 5.75 Å². The summed E-state index contributed by atoms with van der Waals surface area (Å²) in [5.74, 6) is -0.284. The lowest BCUT2D eigenvalue weighted by Gasteiger charge is -2.34. The van der Waals surface area contributed by atoms with Crippen LogP contribution >= 0.6 is 0 Å². The van der Waals surface area contributed by atoms with Crippen molar-refractivity contribution in [2.75, 3.05) is 24.5 Å². The quantitative estimate of drug-likeness (QED) is 0.219. The normalized spacial score (nSPS) is 11.8. The number of nitrogens with zero attached hydrogens (tertiary/aromatic N) is 2. The number of amides is 2. The molecule has 0 spiro atoms. The van der Waals surface area contributed by atoms with Gasteiger partial charge < -0.3 is 15.0 Å². The summed E-state index contributed by atoms with van der Waals surface area (Å²) in [6.45, 7) is 2.04. The van der Waals surface area contributed by atoms with Crippen molar-refractivity contribution in [1.82, 2.24) is 10.2 Å². The molecule has 0 saturated heterocycles. The van der Waals surface area contributed by atoms with Gasteiger partial charge in [-0.2, -0.15) is 0 Å². The second-order valence-electron chi connectivity index (χ2n) is 10.0. The minimum Gasteiger partial charge on any atom is -0.497 e. The second kappa shape index (κ2) is 15.0. The monoisotopic (exact) mass is 599 g/mol. The molecule has 4 rings (SSSR count). The highest BCUT2D eigenvalue weighted by Gasteiger charge is 2.34. The van der Waals surface area contributed by atoms with Crippen molar-refractivity contribution in [3.63, 3.8) is 0 Å². The predicted molar refractivity (Wildman–Crippen MR) is 168 cm³/mol. The number of methoxy groups -OCH3 is 1. The average molecular weight is 600 g/mol. The topological polar surface area (TPSA) is 96.0 Å². The summed E-state index contributed by atoms with van der Waals surface area (Å²) in [6, 6.07) is 32.5. The van der Waals surface area contributed by atoms with E-state index in [-0.39, 0.29) is 23.8 Å². The van der Waals surface area contributed by atoms with Gasteiger partial charge in [0, 0.05) is 19.5 Å². The van der Waals surface area contributed by atoms with Crippen molar-refractivity contribution < 1.29 is 22.7 Å². The summed E-state index contributed by atoms with van der Waals surface area (Å²) in [6.07, 6.45) is 1.00. The van der Waals surface area contributed by atoms with E-state index in [1.54, 1.807) is 42.5 Å². The molecule has 1 atom stereocenters. The summed E-state index contributed by atoms with van der Waals surface area (Å²) >= 11 is 0. The molecule has 1 N–H and O–H groups in total. The van der Waals surface area contributed by atoms with Crippen LogP contribution in [-0.4, -0.2) is 51.4 Å². The average Bonchev–Trinajstić information content (AvgIpc) is 3.05. The van der Waals surface area contributed by atoms with Crippen LogP contribution in [0.2, 0.25) is 0 Å². The van der Waals surface area contributed by atoms with Crippen molar-refractivity contribution in [3.8, 4) is 5.75 Å². The first-order chi connectivity index (χ1) is 20.8. The minimum absolute atomic E-state index is 0.0149. The third-order valence-electron chi connectivity index (χ3n) is 6.99. The maximum absolute atomic E-state index is 14.3. The fourth-order valence-electron chi connectivity index (χ4n) is 4.70. The number of carbonyl (C=O) groups excluding carboxylic acids is 2. The van der Waals surface area contributed by atoms with Gasteiger partial charge in [-0.15, -0.1) is 0 Å². The Labute approximate surface area is 254 Å². The number of ether oxygens (including phenoxy) is 1. The van der Waals surface area contributed by atoms with E-state index in [1.165, 1.54) is 24.1 Å². The van der Waals surface area contributed by atoms with Crippen molar-refractivity contribution in [3.05, 3.63) is 126 Å². The first-order valence-electron chi connectivity index (χ1n) is 14.2. The largest absolute Gasteiger partial charge is 0.497 e. The molecule has 43 heavy (non-hydrogen) atoms. The van der Waals surface area contributed by atoms with Gasteiger partial charge in [-0.05, 0) is 53.9 Å². The number of para-hydroxylation sites is 1. The Bertz CT molecular complexity index is 1570. The van der Waals surface area contributed by atoms with E-state index < -0.39 is 28.5 Å². The lowest BCUT2D eigenvalue weighted by atomic mass is 10.0. The van der Waals surface area contributed by atoms with Gasteiger partial charge in [0.15, 0.2) is 0 Å². The smallest absolute Gasteiger partial charge is 0.264 e. The Morgan fingerprint density at radius 1 is 0.791 bits per heavy atom. The second-order valence-corrected chi connectivity index (χ2v) is 11.9. The van der Waals surface area contributed by atoms with Crippen LogP contribution in [0.1, 0.15) is 24.5 Å². The Hall–Kier alpha value is -4.63. The van der Waals surface area contributed by atoms with Crippen LogP contribution in [-0.2, 0) is 32.6 Å². The first-order valence-corrected chi connectivity index (χ1v) is 15.6. The van der Waals surface area contributed by atoms with Crippen molar-refractivity contribution >= 4 is 27.5 Å². The van der Waals surface area contributed by atoms with Gasteiger partial charge in [0.1, 0.15) is 18.3 Å². The van der Waals surface area contributed by atoms with Crippen LogP contribution in [0, 0.1) is 0 Å². The highest BCUT2D eigenvalue weighted by molar-refractivity contribution is 7.92. The molecule has 8 nitrogen and oxygen atoms in total. The molecular weight excluding hydrogens is 562 g/mol. The SMILES string of the molecule is CCCNC(=O)[C@@H](Cc1ccccc1)N(Cc1ccccc1)C(=O)CN(c1ccccc1)S(=O)(=O)c1ccc(OC)cc1. The summed E-state index contributed by atoms with van der Waals surface area (Å²) in [7, 11) is -2.67. The molecule has 4 aromatic carbocycles. The van der Waals surface area contributed by atoms with E-state index in [4.69, 9.17) is 4.74 Å². The molecule has 2 amide bonds. The number of sulfonamides is 1. The van der Waals surface area contributed by atoms with Crippen molar-refractivity contribution in [2.45, 2.75) is 37.2 Å². The number of carbonyl (C=O) groups is 2. The fraction of sp³-hybridized carbons (Fsp3) is 0.235. The maximum atomic E-state index is 14.3. The molecule has 0 unspecified atom stereocenters. The zero-order chi connectivity index (χ0) is 30.7. The summed E-state index contributed by atoms with van der Waals surface area (Å²) < 4.78 is 34.3. The van der Waals surface area contributed by atoms with Gasteiger partial charge in [0.25, 0.3) is 10.0 Å². The Morgan fingerprint density at radius 3 is 1.91 bits per heavy atom. The third-order valence-corrected chi connectivity index (χ3v) is 8.77. The number of benzene rings is 4. The van der Waals surface area contributed by atoms with Crippen LogP contribution < -0.4 is 14.4 Å². The number of rotatable bonds is 14. The zero-order valence-electron chi connectivity index (χ0n) is 24.4. The molecule has 0 bridgehead atoms. The van der Waals surface area contributed by atoms with Crippen LogP contribution in [0.3, 0.4) is 0 Å². The lowest BCUT2D eigenvalue weighted by Crippen LogP contribution is -2.53. The summed E-state index contributed by atoms with van der Waals surface area (Å²) in [5.41, 5.74) is 2.04. The van der Waals surface area contributed by atoms with E-state index >= 15 is 0 Å². The Kier molecular flexibility index (Phi) is 10.9. The number of hydrogen-bond donors (Lipinski definition) is 1. The van der Waals surface area contributed by atoms with E-state index in [2.05, 4.69) is 5.32 Å². The van der Waals surface area contributed by atoms with Gasteiger partial charge in [-0.3, -0.25) is 13.9 Å². The molecule has 0 saturated carbocycles. The van der Waals surface area contributed by atoms with Crippen LogP contribution in [0.15, 0.2) is 120 Å². The summed E-state index contributed by atoms with van der Waals surface area (Å²) in [4.78, 5) is 29.5. The number of anilines is 1. The zero-order valence-corrected chi connectivity index (χ0v) is 25.2. The molecule has 0 aliphatic carbocycles. The standard InChI is InChI=1S/C34H37N3O5S/c1-3-23-35-34(39)32(24-27-13-7-4-8-14-27)36(25-28-15-9-5-10-16-28)33(38)26-37(29-17-11-6-12-18-29)43(40,41)31-21-19-30(42-2)20-22-31/h4-22,32H,3,23-26H2,1-2H3,(H,35,39)/t32-/m1/s1. The van der Waals surface area contributed by atoms with Gasteiger partial charge in [-0.25, -0.2) is 8.42 Å². The maximum Gasteiger partial charge on any atom is 0.264 e. The molecule has 0 aromatic heterocycles. The van der Waals surface area contributed by atoms with E-state index in [1.807, 2.05) is 67.6 Å². The third kappa shape index (κ3) is 8.23. The molecule has 9 heteroatoms. The molecule has 0 aliphatic heterocycles. The minimum atomic E-state index is -4.17. The lowest BCUT2D eigenvalue weighted by molar-refractivity contribution is -0.140. The van der Waals surface area contributed by atoms with Crippen LogP contribution in [0.25, 0.3) is 0 Å². The van der Waals surface area contributed by atoms with E-state index in [9.17, 15) is 18.0 Å². The predicted octanol–water partition coefficient (Wildman–Crippen LogP) is 5.06. The Balaban J connectivity index is 1.76. The Morgan fingerprint density at radius 2 is 1.35 bits per heavy atom. The molecule has 0 aliphatic rings. The molecule has 0 heterocycles. The van der Waals surface area contributed by atoms with Crippen molar-refractivity contribution in [1.29, 1.82) is 0 Å². The van der Waals surface area contributed by atoms with E-state index in [0.29, 0.717) is 18.0 Å². The first kappa shape index (κ1) is 31.3. The van der Waals surface area contributed by atoms with Crippen molar-refractivity contribution in [2.24, 2.45) is 0 Å². The van der Waals surface area contributed by atoms with Gasteiger partial charge >= 0.3 is 0 Å².